The first-order chi connectivity index (χ1) is 16.1. The Morgan fingerprint density at radius 2 is 2.24 bits per heavy atom. The van der Waals surface area contributed by atoms with E-state index in [0.29, 0.717) is 6.54 Å². The zero-order valence-corrected chi connectivity index (χ0v) is 20.4. The summed E-state index contributed by atoms with van der Waals surface area (Å²) in [4.78, 5) is 18.2. The highest BCUT2D eigenvalue weighted by atomic mass is 32.2. The molecule has 8 heteroatoms. The van der Waals surface area contributed by atoms with E-state index in [-0.39, 0.29) is 12.0 Å². The molecule has 1 aliphatic rings. The molecule has 1 aromatic carbocycles. The zero-order valence-electron chi connectivity index (χ0n) is 18.8. The van der Waals surface area contributed by atoms with Crippen molar-refractivity contribution in [2.75, 3.05) is 32.5 Å². The average Bonchev–Trinajstić information content (AvgIpc) is 3.33. The molecule has 0 unspecified atom stereocenters. The summed E-state index contributed by atoms with van der Waals surface area (Å²) in [5, 5.41) is 12.5. The topological polar surface area (TPSA) is 71.9 Å². The van der Waals surface area contributed by atoms with Crippen LogP contribution < -0.4 is 4.74 Å². The van der Waals surface area contributed by atoms with Gasteiger partial charge in [0.15, 0.2) is 0 Å². The van der Waals surface area contributed by atoms with Gasteiger partial charge >= 0.3 is 6.16 Å². The lowest BCUT2D eigenvalue weighted by atomic mass is 9.88. The molecule has 0 saturated carbocycles. The highest BCUT2D eigenvalue weighted by molar-refractivity contribution is 8.01. The molecule has 3 aromatic rings. The molecule has 6 nitrogen and oxygen atoms in total. The van der Waals surface area contributed by atoms with Crippen LogP contribution in [0, 0.1) is 5.92 Å². The number of likely N-dealkylation sites (tertiary alicyclic amines) is 1. The van der Waals surface area contributed by atoms with Crippen molar-refractivity contribution in [3.8, 4) is 5.75 Å². The number of hydrogen-bond acceptors (Lipinski definition) is 7. The molecule has 1 fully saturated rings. The average molecular weight is 487 g/mol. The summed E-state index contributed by atoms with van der Waals surface area (Å²) in [5.74, 6) is 2.02. The van der Waals surface area contributed by atoms with E-state index < -0.39 is 6.16 Å². The number of aromatic nitrogens is 1. The quantitative estimate of drug-likeness (QED) is 0.287. The molecule has 1 saturated heterocycles. The molecule has 2 aromatic heterocycles. The highest BCUT2D eigenvalue weighted by Crippen LogP contribution is 2.29. The third-order valence-corrected chi connectivity index (χ3v) is 8.34. The number of thiophene rings is 1. The van der Waals surface area contributed by atoms with Gasteiger partial charge in [0.25, 0.3) is 0 Å². The van der Waals surface area contributed by atoms with E-state index in [4.69, 9.17) is 9.47 Å². The third-order valence-electron chi connectivity index (χ3n) is 6.23. The molecule has 0 aliphatic carbocycles. The van der Waals surface area contributed by atoms with Crippen LogP contribution in [-0.4, -0.2) is 59.7 Å². The van der Waals surface area contributed by atoms with Gasteiger partial charge in [-0.2, -0.15) is 0 Å². The SMILES string of the molecule is COc1cnc2cccc(CCC[C@@H]3CCN(CCSc4cccs4)C[C@@H]3OC(=O)O)c2c1. The normalized spacial score (nSPS) is 18.9. The molecule has 176 valence electrons. The monoisotopic (exact) mass is 486 g/mol. The molecule has 0 spiro atoms. The van der Waals surface area contributed by atoms with Crippen LogP contribution in [0.1, 0.15) is 24.8 Å². The number of pyridine rings is 1. The smallest absolute Gasteiger partial charge is 0.495 e. The Bertz CT molecular complexity index is 1040. The Morgan fingerprint density at radius 3 is 3.03 bits per heavy atom. The van der Waals surface area contributed by atoms with Gasteiger partial charge in [-0.15, -0.1) is 23.1 Å². The number of carboxylic acid groups (broad SMARTS) is 1. The van der Waals surface area contributed by atoms with Crippen LogP contribution in [0.4, 0.5) is 4.79 Å². The van der Waals surface area contributed by atoms with Crippen molar-refractivity contribution in [1.29, 1.82) is 0 Å². The second kappa shape index (κ2) is 11.7. The van der Waals surface area contributed by atoms with Gasteiger partial charge in [-0.1, -0.05) is 18.2 Å². The molecule has 1 N–H and O–H groups in total. The number of hydrogen-bond donors (Lipinski definition) is 1. The minimum absolute atomic E-state index is 0.255. The number of piperidine rings is 1. The maximum atomic E-state index is 11.3. The van der Waals surface area contributed by atoms with E-state index in [9.17, 15) is 9.90 Å². The lowest BCUT2D eigenvalue weighted by molar-refractivity contribution is -0.0195. The Hall–Kier alpha value is -2.29. The van der Waals surface area contributed by atoms with Gasteiger partial charge in [0, 0.05) is 24.2 Å². The van der Waals surface area contributed by atoms with Crippen molar-refractivity contribution in [3.05, 3.63) is 53.5 Å². The van der Waals surface area contributed by atoms with Crippen LogP contribution in [-0.2, 0) is 11.2 Å². The van der Waals surface area contributed by atoms with E-state index in [2.05, 4.69) is 33.5 Å². The van der Waals surface area contributed by atoms with E-state index in [0.717, 1.165) is 61.2 Å². The molecule has 0 bridgehead atoms. The lowest BCUT2D eigenvalue weighted by Crippen LogP contribution is -2.46. The fourth-order valence-corrected chi connectivity index (χ4v) is 6.38. The fraction of sp³-hybridized carbons (Fsp3) is 0.440. The second-order valence-corrected chi connectivity index (χ2v) is 10.6. The van der Waals surface area contributed by atoms with Crippen LogP contribution in [0.25, 0.3) is 10.9 Å². The first kappa shape index (κ1) is 23.9. The van der Waals surface area contributed by atoms with Crippen molar-refractivity contribution in [1.82, 2.24) is 9.88 Å². The van der Waals surface area contributed by atoms with Gasteiger partial charge in [-0.25, -0.2) is 4.79 Å². The van der Waals surface area contributed by atoms with Crippen LogP contribution >= 0.6 is 23.1 Å². The molecule has 2 atom stereocenters. The van der Waals surface area contributed by atoms with Crippen molar-refractivity contribution in [2.24, 2.45) is 5.92 Å². The number of aryl methyl sites for hydroxylation is 1. The lowest BCUT2D eigenvalue weighted by Gasteiger charge is -2.37. The molecule has 0 amide bonds. The molecule has 0 radical (unpaired) electrons. The largest absolute Gasteiger partial charge is 0.506 e. The van der Waals surface area contributed by atoms with E-state index in [1.807, 2.05) is 30.0 Å². The first-order valence-corrected chi connectivity index (χ1v) is 13.2. The number of ether oxygens (including phenoxy) is 2. The van der Waals surface area contributed by atoms with E-state index >= 15 is 0 Å². The number of methoxy groups -OCH3 is 1. The summed E-state index contributed by atoms with van der Waals surface area (Å²) >= 11 is 3.62. The predicted molar refractivity (Wildman–Crippen MR) is 134 cm³/mol. The number of fused-ring (bicyclic) bond motifs is 1. The van der Waals surface area contributed by atoms with Gasteiger partial charge < -0.3 is 14.6 Å². The van der Waals surface area contributed by atoms with E-state index in [1.54, 1.807) is 24.6 Å². The van der Waals surface area contributed by atoms with Crippen LogP contribution in [0.15, 0.2) is 52.2 Å². The van der Waals surface area contributed by atoms with Gasteiger partial charge in [-0.05, 0) is 67.3 Å². The Balaban J connectivity index is 1.31. The first-order valence-electron chi connectivity index (χ1n) is 11.3. The number of rotatable bonds is 10. The number of nitrogens with zero attached hydrogens (tertiary/aromatic N) is 2. The Labute approximate surface area is 202 Å². The second-order valence-electron chi connectivity index (χ2n) is 8.30. The summed E-state index contributed by atoms with van der Waals surface area (Å²) < 4.78 is 12.0. The van der Waals surface area contributed by atoms with Crippen molar-refractivity contribution in [3.63, 3.8) is 0 Å². The van der Waals surface area contributed by atoms with Crippen molar-refractivity contribution >= 4 is 40.2 Å². The summed E-state index contributed by atoms with van der Waals surface area (Å²) in [7, 11) is 1.65. The fourth-order valence-electron chi connectivity index (χ4n) is 4.52. The molecule has 1 aliphatic heterocycles. The molecule has 4 rings (SSSR count). The summed E-state index contributed by atoms with van der Waals surface area (Å²) in [6, 6.07) is 12.4. The molecular weight excluding hydrogens is 456 g/mol. The molecule has 3 heterocycles. The minimum Gasteiger partial charge on any atom is -0.495 e. The summed E-state index contributed by atoms with van der Waals surface area (Å²) in [6.45, 7) is 2.61. The Morgan fingerprint density at radius 1 is 1.33 bits per heavy atom. The summed E-state index contributed by atoms with van der Waals surface area (Å²) in [5.41, 5.74) is 2.21. The predicted octanol–water partition coefficient (Wildman–Crippen LogP) is 5.81. The van der Waals surface area contributed by atoms with Crippen LogP contribution in [0.5, 0.6) is 5.75 Å². The number of carbonyl (C=O) groups is 1. The third kappa shape index (κ3) is 6.62. The van der Waals surface area contributed by atoms with Crippen LogP contribution in [0.2, 0.25) is 0 Å². The highest BCUT2D eigenvalue weighted by Gasteiger charge is 2.31. The van der Waals surface area contributed by atoms with Crippen LogP contribution in [0.3, 0.4) is 0 Å². The molecular formula is C25H30N2O4S2. The summed E-state index contributed by atoms with van der Waals surface area (Å²) in [6.07, 6.45) is 4.12. The van der Waals surface area contributed by atoms with E-state index in [1.165, 1.54) is 9.77 Å². The van der Waals surface area contributed by atoms with Gasteiger partial charge in [0.2, 0.25) is 0 Å². The molecule has 33 heavy (non-hydrogen) atoms. The van der Waals surface area contributed by atoms with Crippen molar-refractivity contribution in [2.45, 2.75) is 36.0 Å². The van der Waals surface area contributed by atoms with Gasteiger partial charge in [0.1, 0.15) is 11.9 Å². The number of thioether (sulfide) groups is 1. The maximum Gasteiger partial charge on any atom is 0.506 e. The Kier molecular flexibility index (Phi) is 8.47. The zero-order chi connectivity index (χ0) is 23.0. The standard InChI is InChI=1S/C25H30N2O4S2/c1-30-20-15-21-18(6-3-8-22(21)26-16-20)5-2-7-19-10-11-27(17-23(19)31-25(28)29)12-14-33-24-9-4-13-32-24/h3-4,6,8-9,13,15-16,19,23H,2,5,7,10-12,14,17H2,1H3,(H,28,29)/t19-,23+/m1/s1. The van der Waals surface area contributed by atoms with Gasteiger partial charge in [0.05, 0.1) is 23.0 Å². The van der Waals surface area contributed by atoms with Gasteiger partial charge in [-0.3, -0.25) is 9.88 Å². The number of benzene rings is 1. The minimum atomic E-state index is -1.17. The maximum absolute atomic E-state index is 11.3. The van der Waals surface area contributed by atoms with Crippen molar-refractivity contribution < 1.29 is 19.4 Å².